The van der Waals surface area contributed by atoms with Crippen LogP contribution in [0.1, 0.15) is 58.5 Å². The first-order valence-corrected chi connectivity index (χ1v) is 12.2. The molecule has 6 rings (SSSR count). The van der Waals surface area contributed by atoms with E-state index in [9.17, 15) is 14.4 Å². The molecule has 1 fully saturated rings. The third-order valence-corrected chi connectivity index (χ3v) is 7.96. The van der Waals surface area contributed by atoms with Crippen LogP contribution < -0.4 is 4.90 Å². The number of para-hydroxylation sites is 1. The highest BCUT2D eigenvalue weighted by atomic mass is 19.1. The molecule has 1 aliphatic carbocycles. The predicted molar refractivity (Wildman–Crippen MR) is 137 cm³/mol. The number of carbonyl (C=O) groups excluding carboxylic acids is 3. The molecular weight excluding hydrogens is 453 g/mol. The van der Waals surface area contributed by atoms with E-state index in [1.807, 2.05) is 62.1 Å². The van der Waals surface area contributed by atoms with Gasteiger partial charge in [0, 0.05) is 28.1 Å². The second-order valence-corrected chi connectivity index (χ2v) is 10.9. The van der Waals surface area contributed by atoms with Crippen LogP contribution in [0.15, 0.2) is 78.9 Å². The SMILES string of the molecule is CC(C)(C)C(=O)[C@@H]1[C@H](c2ccccc2F)C2(C(=O)c3ccccc3C2=O)[C@@H]2C=Cc3ccccc3N12. The Balaban J connectivity index is 1.72. The van der Waals surface area contributed by atoms with E-state index in [0.29, 0.717) is 11.1 Å². The quantitative estimate of drug-likeness (QED) is 0.431. The Labute approximate surface area is 209 Å². The molecule has 4 nitrogen and oxygen atoms in total. The van der Waals surface area contributed by atoms with Gasteiger partial charge in [-0.1, -0.05) is 93.6 Å². The molecule has 0 unspecified atom stereocenters. The normalized spacial score (nSPS) is 23.6. The fourth-order valence-electron chi connectivity index (χ4n) is 6.43. The third-order valence-electron chi connectivity index (χ3n) is 7.96. The van der Waals surface area contributed by atoms with Crippen LogP contribution in [0, 0.1) is 16.6 Å². The molecule has 3 aromatic rings. The highest BCUT2D eigenvalue weighted by molar-refractivity contribution is 6.32. The second-order valence-electron chi connectivity index (χ2n) is 10.9. The molecular formula is C31H26FNO3. The van der Waals surface area contributed by atoms with Crippen molar-refractivity contribution in [2.75, 3.05) is 4.90 Å². The summed E-state index contributed by atoms with van der Waals surface area (Å²) in [7, 11) is 0. The Morgan fingerprint density at radius 2 is 1.44 bits per heavy atom. The molecule has 3 aliphatic rings. The number of ketones is 3. The highest BCUT2D eigenvalue weighted by Gasteiger charge is 2.72. The van der Waals surface area contributed by atoms with Crippen molar-refractivity contribution in [2.45, 2.75) is 38.8 Å². The van der Waals surface area contributed by atoms with Crippen LogP contribution in [-0.4, -0.2) is 29.4 Å². The minimum Gasteiger partial charge on any atom is -0.352 e. The molecule has 0 aromatic heterocycles. The first-order chi connectivity index (χ1) is 17.2. The number of rotatable bonds is 2. The molecule has 2 aliphatic heterocycles. The Bertz CT molecular complexity index is 1450. The number of benzene rings is 3. The van der Waals surface area contributed by atoms with E-state index in [1.165, 1.54) is 6.07 Å². The number of Topliss-reactive ketones (excluding diaryl/α,β-unsaturated/α-hetero) is 3. The maximum absolute atomic E-state index is 15.6. The summed E-state index contributed by atoms with van der Waals surface area (Å²) in [5.74, 6) is -2.36. The molecule has 0 N–H and O–H groups in total. The standard InChI is InChI=1S/C31H26FNO3/c1-30(2,3)29(36)26-25(21-13-7-8-14-22(21)32)31(27(34)19-11-5-6-12-20(19)28(31)35)24-17-16-18-10-4-9-15-23(18)33(24)26/h4-17,24-26H,1-3H3/t24-,25-,26-/m0/s1. The fraction of sp³-hybridized carbons (Fsp3) is 0.258. The van der Waals surface area contributed by atoms with Crippen molar-refractivity contribution in [3.63, 3.8) is 0 Å². The van der Waals surface area contributed by atoms with E-state index >= 15 is 4.39 Å². The Morgan fingerprint density at radius 1 is 0.861 bits per heavy atom. The monoisotopic (exact) mass is 479 g/mol. The van der Waals surface area contributed by atoms with Gasteiger partial charge in [0.05, 0.1) is 12.1 Å². The van der Waals surface area contributed by atoms with Crippen LogP contribution in [0.5, 0.6) is 0 Å². The molecule has 2 heterocycles. The summed E-state index contributed by atoms with van der Waals surface area (Å²) in [5.41, 5.74) is 0.0802. The van der Waals surface area contributed by atoms with E-state index in [0.717, 1.165) is 11.3 Å². The molecule has 0 amide bonds. The van der Waals surface area contributed by atoms with Gasteiger partial charge in [0.15, 0.2) is 17.3 Å². The van der Waals surface area contributed by atoms with Gasteiger partial charge in [0.2, 0.25) is 0 Å². The lowest BCUT2D eigenvalue weighted by molar-refractivity contribution is -0.127. The third kappa shape index (κ3) is 2.77. The van der Waals surface area contributed by atoms with Crippen LogP contribution in [0.25, 0.3) is 6.08 Å². The number of hydrogen-bond donors (Lipinski definition) is 0. The summed E-state index contributed by atoms with van der Waals surface area (Å²) >= 11 is 0. The Hall–Kier alpha value is -3.86. The number of nitrogens with zero attached hydrogens (tertiary/aromatic N) is 1. The number of hydrogen-bond acceptors (Lipinski definition) is 4. The Morgan fingerprint density at radius 3 is 2.08 bits per heavy atom. The number of carbonyl (C=O) groups is 3. The first-order valence-electron chi connectivity index (χ1n) is 12.2. The summed E-state index contributed by atoms with van der Waals surface area (Å²) in [6.45, 7) is 5.48. The molecule has 3 atom stereocenters. The topological polar surface area (TPSA) is 54.5 Å². The zero-order valence-corrected chi connectivity index (χ0v) is 20.4. The largest absolute Gasteiger partial charge is 0.352 e. The van der Waals surface area contributed by atoms with Crippen molar-refractivity contribution in [1.29, 1.82) is 0 Å². The van der Waals surface area contributed by atoms with E-state index < -0.39 is 34.6 Å². The van der Waals surface area contributed by atoms with Gasteiger partial charge in [0.1, 0.15) is 11.2 Å². The van der Waals surface area contributed by atoms with Crippen molar-refractivity contribution in [3.8, 4) is 0 Å². The minimum atomic E-state index is -1.67. The van der Waals surface area contributed by atoms with Gasteiger partial charge < -0.3 is 4.90 Å². The molecule has 3 aromatic carbocycles. The number of anilines is 1. The van der Waals surface area contributed by atoms with Crippen LogP contribution in [0.3, 0.4) is 0 Å². The van der Waals surface area contributed by atoms with Crippen LogP contribution >= 0.6 is 0 Å². The number of halogens is 1. The van der Waals surface area contributed by atoms with Crippen LogP contribution in [0.2, 0.25) is 0 Å². The maximum Gasteiger partial charge on any atom is 0.180 e. The predicted octanol–water partition coefficient (Wildman–Crippen LogP) is 5.87. The fourth-order valence-corrected chi connectivity index (χ4v) is 6.43. The maximum atomic E-state index is 15.6. The van der Waals surface area contributed by atoms with E-state index in [1.54, 1.807) is 42.5 Å². The average Bonchev–Trinajstić information content (AvgIpc) is 3.30. The van der Waals surface area contributed by atoms with Gasteiger partial charge in [-0.25, -0.2) is 4.39 Å². The lowest BCUT2D eigenvalue weighted by Crippen LogP contribution is -2.49. The summed E-state index contributed by atoms with van der Waals surface area (Å²) in [6, 6.07) is 19.0. The lowest BCUT2D eigenvalue weighted by atomic mass is 9.63. The van der Waals surface area contributed by atoms with Crippen molar-refractivity contribution < 1.29 is 18.8 Å². The van der Waals surface area contributed by atoms with E-state index in [2.05, 4.69) is 0 Å². The van der Waals surface area contributed by atoms with Gasteiger partial charge in [-0.15, -0.1) is 0 Å². The molecule has 0 saturated carbocycles. The second kappa shape index (κ2) is 7.57. The van der Waals surface area contributed by atoms with Gasteiger partial charge in [0.25, 0.3) is 0 Å². The van der Waals surface area contributed by atoms with Crippen molar-refractivity contribution in [3.05, 3.63) is 107 Å². The van der Waals surface area contributed by atoms with Gasteiger partial charge in [-0.2, -0.15) is 0 Å². The average molecular weight is 480 g/mol. The molecule has 0 radical (unpaired) electrons. The molecule has 5 heteroatoms. The Kier molecular flexibility index (Phi) is 4.75. The van der Waals surface area contributed by atoms with Crippen molar-refractivity contribution in [2.24, 2.45) is 10.8 Å². The van der Waals surface area contributed by atoms with Crippen molar-refractivity contribution in [1.82, 2.24) is 0 Å². The molecule has 1 spiro atoms. The molecule has 0 bridgehead atoms. The molecule has 1 saturated heterocycles. The van der Waals surface area contributed by atoms with Crippen molar-refractivity contribution >= 4 is 29.1 Å². The van der Waals surface area contributed by atoms with Crippen LogP contribution in [0.4, 0.5) is 10.1 Å². The van der Waals surface area contributed by atoms with E-state index in [-0.39, 0.29) is 22.9 Å². The van der Waals surface area contributed by atoms with E-state index in [4.69, 9.17) is 0 Å². The smallest absolute Gasteiger partial charge is 0.180 e. The highest BCUT2D eigenvalue weighted by Crippen LogP contribution is 2.61. The summed E-state index contributed by atoms with van der Waals surface area (Å²) in [4.78, 5) is 45.0. The lowest BCUT2D eigenvalue weighted by Gasteiger charge is -2.38. The van der Waals surface area contributed by atoms with Gasteiger partial charge in [-0.3, -0.25) is 14.4 Å². The molecule has 180 valence electrons. The van der Waals surface area contributed by atoms with Gasteiger partial charge in [-0.05, 0) is 23.3 Å². The van der Waals surface area contributed by atoms with Crippen LogP contribution in [-0.2, 0) is 4.79 Å². The summed E-state index contributed by atoms with van der Waals surface area (Å²) in [5, 5.41) is 0. The molecule has 36 heavy (non-hydrogen) atoms. The summed E-state index contributed by atoms with van der Waals surface area (Å²) in [6.07, 6.45) is 3.76. The van der Waals surface area contributed by atoms with Gasteiger partial charge >= 0.3 is 0 Å². The summed E-state index contributed by atoms with van der Waals surface area (Å²) < 4.78 is 15.6. The number of fused-ring (bicyclic) bond motifs is 5. The minimum absolute atomic E-state index is 0.140. The zero-order valence-electron chi connectivity index (χ0n) is 20.4. The zero-order chi connectivity index (χ0) is 25.4. The first kappa shape index (κ1) is 22.6.